The summed E-state index contributed by atoms with van der Waals surface area (Å²) < 4.78 is 0. The monoisotopic (exact) mass is 308 g/mol. The van der Waals surface area contributed by atoms with Crippen LogP contribution in [0.25, 0.3) is 0 Å². The van der Waals surface area contributed by atoms with Gasteiger partial charge >= 0.3 is 0 Å². The summed E-state index contributed by atoms with van der Waals surface area (Å²) in [5, 5.41) is 6.45. The molecule has 1 saturated heterocycles. The predicted octanol–water partition coefficient (Wildman–Crippen LogP) is 2.40. The summed E-state index contributed by atoms with van der Waals surface area (Å²) in [5.74, 6) is 0.148. The van der Waals surface area contributed by atoms with Gasteiger partial charge in [0, 0.05) is 12.6 Å². The fraction of sp³-hybridized carbons (Fsp3) is 0.588. The van der Waals surface area contributed by atoms with Crippen LogP contribution in [0.15, 0.2) is 18.2 Å². The van der Waals surface area contributed by atoms with Gasteiger partial charge in [0.25, 0.3) is 0 Å². The zero-order valence-electron chi connectivity index (χ0n) is 12.5. The Hall–Kier alpha value is -1.06. The summed E-state index contributed by atoms with van der Waals surface area (Å²) in [4.78, 5) is 12.0. The Kier molecular flexibility index (Phi) is 6.07. The van der Waals surface area contributed by atoms with E-state index in [4.69, 9.17) is 0 Å². The van der Waals surface area contributed by atoms with Gasteiger partial charge in [-0.05, 0) is 61.8 Å². The highest BCUT2D eigenvalue weighted by molar-refractivity contribution is 5.85. The number of amides is 1. The Balaban J connectivity index is 0.00000161. The summed E-state index contributed by atoms with van der Waals surface area (Å²) in [7, 11) is 0. The van der Waals surface area contributed by atoms with E-state index in [2.05, 4.69) is 28.8 Å². The van der Waals surface area contributed by atoms with Gasteiger partial charge in [-0.15, -0.1) is 12.4 Å². The number of rotatable bonds is 4. The Morgan fingerprint density at radius 3 is 2.76 bits per heavy atom. The van der Waals surface area contributed by atoms with E-state index in [1.165, 1.54) is 49.7 Å². The molecule has 1 aromatic rings. The molecule has 0 aromatic heterocycles. The molecule has 116 valence electrons. The summed E-state index contributed by atoms with van der Waals surface area (Å²) in [6, 6.07) is 7.05. The van der Waals surface area contributed by atoms with Crippen LogP contribution >= 0.6 is 12.4 Å². The fourth-order valence-corrected chi connectivity index (χ4v) is 3.31. The van der Waals surface area contributed by atoms with Crippen molar-refractivity contribution >= 4 is 18.3 Å². The number of hydrogen-bond acceptors (Lipinski definition) is 2. The van der Waals surface area contributed by atoms with Crippen molar-refractivity contribution in [2.24, 2.45) is 0 Å². The van der Waals surface area contributed by atoms with Crippen LogP contribution in [0, 0.1) is 0 Å². The van der Waals surface area contributed by atoms with Crippen molar-refractivity contribution in [2.45, 2.75) is 51.0 Å². The van der Waals surface area contributed by atoms with Crippen LogP contribution in [0.2, 0.25) is 0 Å². The van der Waals surface area contributed by atoms with Crippen LogP contribution in [-0.2, 0) is 24.1 Å². The molecule has 0 radical (unpaired) electrons. The van der Waals surface area contributed by atoms with Gasteiger partial charge in [0.2, 0.25) is 5.91 Å². The minimum absolute atomic E-state index is 0. The van der Waals surface area contributed by atoms with E-state index in [1.54, 1.807) is 0 Å². The van der Waals surface area contributed by atoms with Crippen LogP contribution < -0.4 is 10.6 Å². The summed E-state index contributed by atoms with van der Waals surface area (Å²) in [6.45, 7) is 1.86. The zero-order chi connectivity index (χ0) is 13.8. The lowest BCUT2D eigenvalue weighted by molar-refractivity contribution is -0.120. The first-order chi connectivity index (χ1) is 9.81. The highest BCUT2D eigenvalue weighted by Gasteiger charge is 2.15. The number of nitrogens with one attached hydrogen (secondary N) is 2. The maximum atomic E-state index is 12.0. The van der Waals surface area contributed by atoms with Gasteiger partial charge in [0.1, 0.15) is 0 Å². The van der Waals surface area contributed by atoms with Crippen LogP contribution in [0.3, 0.4) is 0 Å². The number of carbonyl (C=O) groups excluding carboxylic acids is 1. The first-order valence-electron chi connectivity index (χ1n) is 7.92. The summed E-state index contributed by atoms with van der Waals surface area (Å²) in [5.41, 5.74) is 4.09. The van der Waals surface area contributed by atoms with E-state index < -0.39 is 0 Å². The number of hydrogen-bond donors (Lipinski definition) is 2. The normalized spacial score (nSPS) is 20.5. The van der Waals surface area contributed by atoms with E-state index in [-0.39, 0.29) is 18.3 Å². The molecule has 1 amide bonds. The van der Waals surface area contributed by atoms with Gasteiger partial charge < -0.3 is 10.6 Å². The average Bonchev–Trinajstić information content (AvgIpc) is 2.98. The molecule has 1 aliphatic carbocycles. The number of halogens is 1. The van der Waals surface area contributed by atoms with Crippen molar-refractivity contribution in [1.29, 1.82) is 0 Å². The third-order valence-electron chi connectivity index (χ3n) is 4.49. The molecule has 2 N–H and O–H groups in total. The number of fused-ring (bicyclic) bond motifs is 1. The third kappa shape index (κ3) is 4.45. The second-order valence-electron chi connectivity index (χ2n) is 6.08. The molecule has 1 aromatic carbocycles. The van der Waals surface area contributed by atoms with Gasteiger partial charge in [-0.1, -0.05) is 18.2 Å². The van der Waals surface area contributed by atoms with Gasteiger partial charge in [0.15, 0.2) is 0 Å². The van der Waals surface area contributed by atoms with Gasteiger partial charge in [-0.25, -0.2) is 0 Å². The second-order valence-corrected chi connectivity index (χ2v) is 6.08. The van der Waals surface area contributed by atoms with Gasteiger partial charge in [0.05, 0.1) is 6.42 Å². The topological polar surface area (TPSA) is 41.1 Å². The Morgan fingerprint density at radius 1 is 1.19 bits per heavy atom. The average molecular weight is 309 g/mol. The van der Waals surface area contributed by atoms with Crippen molar-refractivity contribution in [3.05, 3.63) is 34.9 Å². The van der Waals surface area contributed by atoms with Gasteiger partial charge in [-0.2, -0.15) is 0 Å². The molecular weight excluding hydrogens is 284 g/mol. The molecule has 1 heterocycles. The van der Waals surface area contributed by atoms with Crippen molar-refractivity contribution in [3.63, 3.8) is 0 Å². The van der Waals surface area contributed by atoms with Crippen LogP contribution in [0.5, 0.6) is 0 Å². The zero-order valence-corrected chi connectivity index (χ0v) is 13.3. The molecule has 4 heteroatoms. The van der Waals surface area contributed by atoms with Crippen molar-refractivity contribution in [3.8, 4) is 0 Å². The van der Waals surface area contributed by atoms with E-state index >= 15 is 0 Å². The quantitative estimate of drug-likeness (QED) is 0.897. The highest BCUT2D eigenvalue weighted by atomic mass is 35.5. The van der Waals surface area contributed by atoms with Crippen molar-refractivity contribution in [1.82, 2.24) is 10.6 Å². The largest absolute Gasteiger partial charge is 0.354 e. The third-order valence-corrected chi connectivity index (χ3v) is 4.49. The minimum Gasteiger partial charge on any atom is -0.354 e. The summed E-state index contributed by atoms with van der Waals surface area (Å²) in [6.07, 6.45) is 7.90. The molecular formula is C17H25ClN2O. The molecule has 2 aliphatic rings. The van der Waals surface area contributed by atoms with Crippen LogP contribution in [0.4, 0.5) is 0 Å². The smallest absolute Gasteiger partial charge is 0.224 e. The predicted molar refractivity (Wildman–Crippen MR) is 88.1 cm³/mol. The molecule has 1 atom stereocenters. The first-order valence-corrected chi connectivity index (χ1v) is 7.92. The van der Waals surface area contributed by atoms with Crippen LogP contribution in [-0.4, -0.2) is 25.0 Å². The molecule has 1 unspecified atom stereocenters. The SMILES string of the molecule is Cl.O=C(Cc1ccc2c(c1)CCCC2)NCC1CCCN1. The summed E-state index contributed by atoms with van der Waals surface area (Å²) >= 11 is 0. The number of benzene rings is 1. The Morgan fingerprint density at radius 2 is 2.00 bits per heavy atom. The van der Waals surface area contributed by atoms with E-state index in [9.17, 15) is 4.79 Å². The Bertz CT molecular complexity index is 484. The van der Waals surface area contributed by atoms with Crippen molar-refractivity contribution < 1.29 is 4.79 Å². The van der Waals surface area contributed by atoms with Crippen LogP contribution in [0.1, 0.15) is 42.4 Å². The van der Waals surface area contributed by atoms with Crippen molar-refractivity contribution in [2.75, 3.05) is 13.1 Å². The maximum Gasteiger partial charge on any atom is 0.224 e. The van der Waals surface area contributed by atoms with E-state index in [0.717, 1.165) is 18.7 Å². The lowest BCUT2D eigenvalue weighted by Crippen LogP contribution is -2.37. The molecule has 3 nitrogen and oxygen atoms in total. The molecule has 1 fully saturated rings. The van der Waals surface area contributed by atoms with Gasteiger partial charge in [-0.3, -0.25) is 4.79 Å². The maximum absolute atomic E-state index is 12.0. The number of aryl methyl sites for hydroxylation is 2. The molecule has 0 spiro atoms. The minimum atomic E-state index is 0. The Labute approximate surface area is 133 Å². The standard InChI is InChI=1S/C17H24N2O.ClH/c20-17(19-12-16-6-3-9-18-16)11-13-7-8-14-4-1-2-5-15(14)10-13;/h7-8,10,16,18H,1-6,9,11-12H2,(H,19,20);1H. The molecule has 3 rings (SSSR count). The fourth-order valence-electron chi connectivity index (χ4n) is 3.31. The molecule has 1 aliphatic heterocycles. The second kappa shape index (κ2) is 7.81. The highest BCUT2D eigenvalue weighted by Crippen LogP contribution is 2.22. The van der Waals surface area contributed by atoms with E-state index in [1.807, 2.05) is 0 Å². The van der Waals surface area contributed by atoms with E-state index in [0.29, 0.717) is 12.5 Å². The lowest BCUT2D eigenvalue weighted by Gasteiger charge is -2.17. The first kappa shape index (κ1) is 16.3. The molecule has 0 bridgehead atoms. The lowest BCUT2D eigenvalue weighted by atomic mass is 9.90. The number of carbonyl (C=O) groups is 1. The molecule has 0 saturated carbocycles. The molecule has 21 heavy (non-hydrogen) atoms.